The first-order valence-corrected chi connectivity index (χ1v) is 6.63. The van der Waals surface area contributed by atoms with E-state index in [1.54, 1.807) is 12.1 Å². The maximum Gasteiger partial charge on any atom is 0.216 e. The second-order valence-corrected chi connectivity index (χ2v) is 4.87. The van der Waals surface area contributed by atoms with Gasteiger partial charge in [0, 0.05) is 6.20 Å². The molecular weight excluding hydrogens is 287 g/mol. The third kappa shape index (κ3) is 3.79. The molecule has 2 aromatic rings. The van der Waals surface area contributed by atoms with E-state index >= 15 is 0 Å². The number of halogens is 1. The Kier molecular flexibility index (Phi) is 5.03. The minimum absolute atomic E-state index is 0.117. The lowest BCUT2D eigenvalue weighted by atomic mass is 10.2. The highest BCUT2D eigenvalue weighted by atomic mass is 19.1. The van der Waals surface area contributed by atoms with Crippen LogP contribution in [-0.4, -0.2) is 27.2 Å². The number of rotatable bonds is 6. The minimum Gasteiger partial charge on any atom is -0.491 e. The van der Waals surface area contributed by atoms with E-state index in [9.17, 15) is 4.39 Å². The van der Waals surface area contributed by atoms with E-state index in [0.29, 0.717) is 18.3 Å². The number of nitrogens with one attached hydrogen (secondary N) is 2. The van der Waals surface area contributed by atoms with Crippen molar-refractivity contribution in [2.45, 2.75) is 13.8 Å². The summed E-state index contributed by atoms with van der Waals surface area (Å²) in [6, 6.07) is 6.43. The van der Waals surface area contributed by atoms with Gasteiger partial charge in [0.1, 0.15) is 28.9 Å². The molecule has 22 heavy (non-hydrogen) atoms. The fourth-order valence-electron chi connectivity index (χ4n) is 1.59. The highest BCUT2D eigenvalue weighted by Crippen LogP contribution is 2.28. The second kappa shape index (κ2) is 7.17. The lowest BCUT2D eigenvalue weighted by Gasteiger charge is -2.13. The van der Waals surface area contributed by atoms with E-state index in [2.05, 4.69) is 25.9 Å². The van der Waals surface area contributed by atoms with Gasteiger partial charge in [0.25, 0.3) is 0 Å². The maximum absolute atomic E-state index is 14.0. The summed E-state index contributed by atoms with van der Waals surface area (Å²) in [5.41, 5.74) is 0.270. The lowest BCUT2D eigenvalue weighted by Crippen LogP contribution is -2.07. The Hall–Kier alpha value is -2.95. The summed E-state index contributed by atoms with van der Waals surface area (Å²) in [5, 5.41) is 24.9. The van der Waals surface area contributed by atoms with Crippen LogP contribution in [0.15, 0.2) is 24.4 Å². The monoisotopic (exact) mass is 302 g/mol. The molecule has 0 aliphatic carbocycles. The molecule has 0 fully saturated rings. The number of hydrogen-bond acceptors (Lipinski definition) is 6. The number of H-pyrrole nitrogens is 1. The van der Waals surface area contributed by atoms with Gasteiger partial charge in [-0.25, -0.2) is 4.39 Å². The van der Waals surface area contributed by atoms with E-state index in [1.807, 2.05) is 19.9 Å². The first kappa shape index (κ1) is 15.4. The van der Waals surface area contributed by atoms with Crippen molar-refractivity contribution in [3.05, 3.63) is 36.0 Å². The molecule has 8 heteroatoms. The molecule has 0 amide bonds. The third-order valence-corrected chi connectivity index (χ3v) is 2.62. The SMILES string of the molecule is CC(C)COc1cccc(F)c1NC=C(C#N)c1nn[nH]n1. The summed E-state index contributed by atoms with van der Waals surface area (Å²) >= 11 is 0. The zero-order valence-corrected chi connectivity index (χ0v) is 12.2. The van der Waals surface area contributed by atoms with Crippen LogP contribution in [-0.2, 0) is 0 Å². The molecule has 1 heterocycles. The van der Waals surface area contributed by atoms with Crippen LogP contribution < -0.4 is 10.1 Å². The number of ether oxygens (including phenoxy) is 1. The quantitative estimate of drug-likeness (QED) is 0.795. The average molecular weight is 302 g/mol. The summed E-state index contributed by atoms with van der Waals surface area (Å²) in [5.74, 6) is 0.315. The number of nitrogens with zero attached hydrogens (tertiary/aromatic N) is 4. The van der Waals surface area contributed by atoms with Gasteiger partial charge in [-0.15, -0.1) is 10.2 Å². The summed E-state index contributed by atoms with van der Waals surface area (Å²) in [6.45, 7) is 4.45. The number of nitriles is 1. The Labute approximate surface area is 126 Å². The molecular formula is C14H15FN6O. The van der Waals surface area contributed by atoms with Gasteiger partial charge >= 0.3 is 0 Å². The minimum atomic E-state index is -0.483. The molecule has 0 aliphatic heterocycles. The average Bonchev–Trinajstić information content (AvgIpc) is 3.01. The van der Waals surface area contributed by atoms with Crippen LogP contribution in [0.2, 0.25) is 0 Å². The number of benzene rings is 1. The normalized spacial score (nSPS) is 11.3. The van der Waals surface area contributed by atoms with Gasteiger partial charge in [-0.2, -0.15) is 10.5 Å². The molecule has 7 nitrogen and oxygen atoms in total. The first-order valence-electron chi connectivity index (χ1n) is 6.63. The van der Waals surface area contributed by atoms with Gasteiger partial charge in [0.05, 0.1) is 6.61 Å². The zero-order chi connectivity index (χ0) is 15.9. The number of tetrazole rings is 1. The van der Waals surface area contributed by atoms with E-state index in [0.717, 1.165) is 0 Å². The number of aromatic amines is 1. The molecule has 0 spiro atoms. The predicted molar refractivity (Wildman–Crippen MR) is 78.1 cm³/mol. The second-order valence-electron chi connectivity index (χ2n) is 4.87. The maximum atomic E-state index is 14.0. The van der Waals surface area contributed by atoms with E-state index in [-0.39, 0.29) is 17.1 Å². The Balaban J connectivity index is 2.23. The van der Waals surface area contributed by atoms with Gasteiger partial charge in [0.2, 0.25) is 5.82 Å². The first-order chi connectivity index (χ1) is 10.6. The molecule has 0 unspecified atom stereocenters. The van der Waals surface area contributed by atoms with Gasteiger partial charge in [-0.3, -0.25) is 0 Å². The van der Waals surface area contributed by atoms with Crippen molar-refractivity contribution < 1.29 is 9.13 Å². The number of aromatic nitrogens is 4. The molecule has 114 valence electrons. The van der Waals surface area contributed by atoms with Gasteiger partial charge in [-0.1, -0.05) is 19.9 Å². The summed E-state index contributed by atoms with van der Waals surface area (Å²) in [4.78, 5) is 0. The van der Waals surface area contributed by atoms with Crippen molar-refractivity contribution in [3.8, 4) is 11.8 Å². The van der Waals surface area contributed by atoms with Crippen LogP contribution in [0.5, 0.6) is 5.75 Å². The summed E-state index contributed by atoms with van der Waals surface area (Å²) in [6.07, 6.45) is 1.31. The molecule has 1 aromatic carbocycles. The lowest BCUT2D eigenvalue weighted by molar-refractivity contribution is 0.271. The van der Waals surface area contributed by atoms with Crippen LogP contribution in [0.4, 0.5) is 10.1 Å². The topological polar surface area (TPSA) is 99.5 Å². The number of para-hydroxylation sites is 1. The number of anilines is 1. The standard InChI is InChI=1S/C14H15FN6O/c1-9(2)8-22-12-5-3-4-11(15)13(12)17-7-10(6-16)14-18-20-21-19-14/h3-5,7,9,17H,8H2,1-2H3,(H,18,19,20,21). The van der Waals surface area contributed by atoms with Crippen molar-refractivity contribution >= 4 is 11.3 Å². The van der Waals surface area contributed by atoms with Crippen molar-refractivity contribution in [1.29, 1.82) is 5.26 Å². The van der Waals surface area contributed by atoms with Crippen molar-refractivity contribution in [1.82, 2.24) is 20.6 Å². The van der Waals surface area contributed by atoms with Crippen LogP contribution in [0.1, 0.15) is 19.7 Å². The smallest absolute Gasteiger partial charge is 0.216 e. The largest absolute Gasteiger partial charge is 0.491 e. The van der Waals surface area contributed by atoms with Crippen LogP contribution in [0, 0.1) is 23.1 Å². The molecule has 1 aromatic heterocycles. The number of allylic oxidation sites excluding steroid dienone is 1. The van der Waals surface area contributed by atoms with Crippen LogP contribution in [0.25, 0.3) is 5.57 Å². The van der Waals surface area contributed by atoms with Crippen LogP contribution in [0.3, 0.4) is 0 Å². The summed E-state index contributed by atoms with van der Waals surface area (Å²) in [7, 11) is 0. The van der Waals surface area contributed by atoms with E-state index in [4.69, 9.17) is 10.00 Å². The molecule has 0 aliphatic rings. The Morgan fingerprint density at radius 2 is 2.36 bits per heavy atom. The Bertz CT molecular complexity index is 690. The summed E-state index contributed by atoms with van der Waals surface area (Å²) < 4.78 is 19.5. The molecule has 0 radical (unpaired) electrons. The third-order valence-electron chi connectivity index (χ3n) is 2.62. The number of hydrogen-bond donors (Lipinski definition) is 2. The predicted octanol–water partition coefficient (Wildman–Crippen LogP) is 2.35. The van der Waals surface area contributed by atoms with Gasteiger partial charge < -0.3 is 10.1 Å². The van der Waals surface area contributed by atoms with Crippen molar-refractivity contribution in [2.75, 3.05) is 11.9 Å². The highest BCUT2D eigenvalue weighted by molar-refractivity contribution is 5.75. The Morgan fingerprint density at radius 1 is 1.55 bits per heavy atom. The molecule has 0 bridgehead atoms. The zero-order valence-electron chi connectivity index (χ0n) is 12.2. The molecule has 2 N–H and O–H groups in total. The Morgan fingerprint density at radius 3 is 3.00 bits per heavy atom. The molecule has 0 saturated heterocycles. The fourth-order valence-corrected chi connectivity index (χ4v) is 1.59. The molecule has 0 atom stereocenters. The van der Waals surface area contributed by atoms with E-state index < -0.39 is 5.82 Å². The highest BCUT2D eigenvalue weighted by Gasteiger charge is 2.11. The molecule has 2 rings (SSSR count). The van der Waals surface area contributed by atoms with Gasteiger partial charge in [-0.05, 0) is 23.3 Å². The van der Waals surface area contributed by atoms with Crippen molar-refractivity contribution in [2.24, 2.45) is 5.92 Å². The fraction of sp³-hybridized carbons (Fsp3) is 0.286. The van der Waals surface area contributed by atoms with Gasteiger partial charge in [0.15, 0.2) is 0 Å². The van der Waals surface area contributed by atoms with Crippen molar-refractivity contribution in [3.63, 3.8) is 0 Å². The van der Waals surface area contributed by atoms with E-state index in [1.165, 1.54) is 12.3 Å². The van der Waals surface area contributed by atoms with Crippen LogP contribution >= 0.6 is 0 Å². The molecule has 0 saturated carbocycles.